The highest BCUT2D eigenvalue weighted by atomic mass is 19.4. The molecular formula is C22H22F3N5O5. The van der Waals surface area contributed by atoms with Gasteiger partial charge in [0.15, 0.2) is 5.82 Å². The number of carbonyl (C=O) groups is 1. The first-order valence-corrected chi connectivity index (χ1v) is 10.5. The number of anilines is 1. The summed E-state index contributed by atoms with van der Waals surface area (Å²) >= 11 is 0. The van der Waals surface area contributed by atoms with Crippen LogP contribution in [-0.2, 0) is 29.1 Å². The van der Waals surface area contributed by atoms with Gasteiger partial charge in [-0.25, -0.2) is 4.68 Å². The molecule has 0 atom stereocenters. The van der Waals surface area contributed by atoms with E-state index in [0.717, 1.165) is 34.5 Å². The van der Waals surface area contributed by atoms with E-state index in [2.05, 4.69) is 10.1 Å². The van der Waals surface area contributed by atoms with Gasteiger partial charge in [-0.05, 0) is 30.0 Å². The summed E-state index contributed by atoms with van der Waals surface area (Å²) in [4.78, 5) is 29.0. The van der Waals surface area contributed by atoms with Crippen molar-refractivity contribution in [3.8, 4) is 5.75 Å². The number of alkyl halides is 3. The van der Waals surface area contributed by atoms with Gasteiger partial charge in [0, 0.05) is 18.3 Å². The lowest BCUT2D eigenvalue weighted by Gasteiger charge is -2.23. The summed E-state index contributed by atoms with van der Waals surface area (Å²) in [6, 6.07) is 7.50. The lowest BCUT2D eigenvalue weighted by molar-refractivity contribution is -0.184. The van der Waals surface area contributed by atoms with Crippen molar-refractivity contribution >= 4 is 11.7 Å². The smallest absolute Gasteiger partial charge is 0.398 e. The van der Waals surface area contributed by atoms with Gasteiger partial charge in [-0.15, -0.1) is 0 Å². The largest absolute Gasteiger partial charge is 0.500 e. The van der Waals surface area contributed by atoms with Crippen molar-refractivity contribution < 1.29 is 33.3 Å². The number of nitrogens with two attached hydrogens (primary N) is 1. The van der Waals surface area contributed by atoms with Crippen molar-refractivity contribution in [3.63, 3.8) is 0 Å². The molecule has 1 amide bonds. The predicted octanol–water partition coefficient (Wildman–Crippen LogP) is 1.15. The Bertz CT molecular complexity index is 1290. The number of H-pyrrole nitrogens is 1. The molecule has 0 spiro atoms. The van der Waals surface area contributed by atoms with E-state index in [1.54, 1.807) is 12.1 Å². The van der Waals surface area contributed by atoms with Crippen LogP contribution in [0.5, 0.6) is 5.75 Å². The van der Waals surface area contributed by atoms with Gasteiger partial charge in [0.2, 0.25) is 5.75 Å². The van der Waals surface area contributed by atoms with Crippen LogP contribution in [0.3, 0.4) is 0 Å². The van der Waals surface area contributed by atoms with Crippen molar-refractivity contribution in [1.29, 1.82) is 0 Å². The van der Waals surface area contributed by atoms with Crippen molar-refractivity contribution in [1.82, 2.24) is 14.8 Å². The van der Waals surface area contributed by atoms with E-state index in [0.29, 0.717) is 5.69 Å². The Morgan fingerprint density at radius 3 is 2.34 bits per heavy atom. The highest BCUT2D eigenvalue weighted by Gasteiger charge is 2.64. The number of carbonyl (C=O) groups excluding carboxylic acids is 1. The molecule has 1 aliphatic carbocycles. The Kier molecular flexibility index (Phi) is 5.95. The number of amides is 1. The number of aliphatic hydroxyl groups is 2. The van der Waals surface area contributed by atoms with Gasteiger partial charge < -0.3 is 26.4 Å². The van der Waals surface area contributed by atoms with Crippen molar-refractivity contribution in [2.45, 2.75) is 43.3 Å². The molecule has 7 N–H and O–H groups in total. The number of aromatic nitrogens is 3. The molecular weight excluding hydrogens is 471 g/mol. The normalized spacial score (nSPS) is 15.1. The highest BCUT2D eigenvalue weighted by Crippen LogP contribution is 2.58. The topological polar surface area (TPSA) is 166 Å². The van der Waals surface area contributed by atoms with Gasteiger partial charge in [-0.3, -0.25) is 19.7 Å². The van der Waals surface area contributed by atoms with E-state index in [9.17, 15) is 38.1 Å². The minimum Gasteiger partial charge on any atom is -0.500 e. The highest BCUT2D eigenvalue weighted by molar-refractivity contribution is 5.96. The number of pyridine rings is 1. The van der Waals surface area contributed by atoms with E-state index in [4.69, 9.17) is 5.73 Å². The van der Waals surface area contributed by atoms with Crippen molar-refractivity contribution in [2.24, 2.45) is 5.73 Å². The Morgan fingerprint density at radius 2 is 1.83 bits per heavy atom. The fraction of sp³-hybridized carbons (Fsp3) is 0.318. The molecule has 1 aliphatic rings. The zero-order valence-corrected chi connectivity index (χ0v) is 18.1. The number of rotatable bonds is 7. The van der Waals surface area contributed by atoms with E-state index in [-0.39, 0.29) is 31.5 Å². The molecule has 0 unspecified atom stereocenters. The molecule has 10 nitrogen and oxygen atoms in total. The molecule has 1 fully saturated rings. The first-order chi connectivity index (χ1) is 16.4. The summed E-state index contributed by atoms with van der Waals surface area (Å²) in [7, 11) is 0. The second-order valence-electron chi connectivity index (χ2n) is 8.37. The van der Waals surface area contributed by atoms with E-state index in [1.807, 2.05) is 5.32 Å². The summed E-state index contributed by atoms with van der Waals surface area (Å²) in [5.41, 5.74) is 3.40. The van der Waals surface area contributed by atoms with Gasteiger partial charge in [0.25, 0.3) is 11.7 Å². The van der Waals surface area contributed by atoms with Gasteiger partial charge in [-0.1, -0.05) is 30.3 Å². The third kappa shape index (κ3) is 4.40. The maximum Gasteiger partial charge on any atom is 0.398 e. The number of halogens is 3. The van der Waals surface area contributed by atoms with Gasteiger partial charge in [-0.2, -0.15) is 13.2 Å². The molecule has 4 rings (SSSR count). The number of nitrogens with one attached hydrogen (secondary N) is 2. The van der Waals surface area contributed by atoms with Crippen LogP contribution in [0.2, 0.25) is 0 Å². The van der Waals surface area contributed by atoms with Gasteiger partial charge >= 0.3 is 11.7 Å². The summed E-state index contributed by atoms with van der Waals surface area (Å²) in [6.07, 6.45) is -3.07. The average Bonchev–Trinajstić information content (AvgIpc) is 3.61. The molecule has 13 heteroatoms. The first kappa shape index (κ1) is 24.4. The third-order valence-electron chi connectivity index (χ3n) is 6.06. The van der Waals surface area contributed by atoms with Gasteiger partial charge in [0.05, 0.1) is 17.7 Å². The monoisotopic (exact) mass is 493 g/mol. The Hall–Kier alpha value is -3.68. The fourth-order valence-corrected chi connectivity index (χ4v) is 3.72. The Labute approximate surface area is 195 Å². The Morgan fingerprint density at radius 1 is 1.17 bits per heavy atom. The van der Waals surface area contributed by atoms with Crippen LogP contribution in [0.1, 0.15) is 35.2 Å². The van der Waals surface area contributed by atoms with Crippen molar-refractivity contribution in [3.05, 3.63) is 75.3 Å². The zero-order chi connectivity index (χ0) is 25.6. The van der Waals surface area contributed by atoms with E-state index >= 15 is 0 Å². The molecule has 3 aromatic rings. The van der Waals surface area contributed by atoms with Crippen molar-refractivity contribution in [2.75, 3.05) is 5.32 Å². The molecule has 186 valence electrons. The molecule has 0 aliphatic heterocycles. The molecule has 2 aromatic heterocycles. The maximum atomic E-state index is 13.3. The van der Waals surface area contributed by atoms with Gasteiger partial charge in [0.1, 0.15) is 0 Å². The fourth-order valence-electron chi connectivity index (χ4n) is 3.72. The van der Waals surface area contributed by atoms with Crippen LogP contribution >= 0.6 is 0 Å². The van der Waals surface area contributed by atoms with E-state index < -0.39 is 46.0 Å². The molecule has 35 heavy (non-hydrogen) atoms. The number of aromatic amines is 1. The molecule has 0 bridgehead atoms. The number of nitrogens with zero attached hydrogens (tertiary/aromatic N) is 2. The summed E-state index contributed by atoms with van der Waals surface area (Å²) in [5.74, 6) is -6.00. The summed E-state index contributed by atoms with van der Waals surface area (Å²) < 4.78 is 40.9. The maximum absolute atomic E-state index is 13.3. The molecule has 1 saturated carbocycles. The minimum absolute atomic E-state index is 0.0443. The second-order valence-corrected chi connectivity index (χ2v) is 8.37. The lowest BCUT2D eigenvalue weighted by atomic mass is 9.93. The molecule has 0 radical (unpaired) electrons. The number of aromatic hydroxyl groups is 1. The molecule has 2 heterocycles. The standard InChI is InChI=1S/C22H22F3N5O5/c23-22(24,25)20(7-8-20)13-2-4-14(5-3-13)21(34,35)19(33)28-17-16(31)18(32)30(29-17)11-15-6-1-12(9-26)10-27-15/h1-6,10,29,31,34-35H,7-9,11,26H2,(H,28,33). The lowest BCUT2D eigenvalue weighted by Crippen LogP contribution is -2.40. The summed E-state index contributed by atoms with van der Waals surface area (Å²) in [6.45, 7) is 0.182. The predicted molar refractivity (Wildman–Crippen MR) is 116 cm³/mol. The third-order valence-corrected chi connectivity index (χ3v) is 6.06. The number of hydrogen-bond donors (Lipinski definition) is 6. The second kappa shape index (κ2) is 8.52. The van der Waals surface area contributed by atoms with Crippen LogP contribution in [0.4, 0.5) is 19.0 Å². The quantitative estimate of drug-likeness (QED) is 0.269. The van der Waals surface area contributed by atoms with E-state index in [1.165, 1.54) is 6.20 Å². The van der Waals surface area contributed by atoms with Crippen LogP contribution in [0.15, 0.2) is 47.4 Å². The van der Waals surface area contributed by atoms with Crippen LogP contribution < -0.4 is 16.6 Å². The molecule has 0 saturated heterocycles. The molecule has 1 aromatic carbocycles. The average molecular weight is 493 g/mol. The summed E-state index contributed by atoms with van der Waals surface area (Å²) in [5, 5.41) is 35.3. The van der Waals surface area contributed by atoms with Crippen LogP contribution in [0.25, 0.3) is 0 Å². The zero-order valence-electron chi connectivity index (χ0n) is 18.1. The number of benzene rings is 1. The van der Waals surface area contributed by atoms with Crippen LogP contribution in [0, 0.1) is 0 Å². The Balaban J connectivity index is 1.51. The minimum atomic E-state index is -4.44. The SMILES string of the molecule is NCc1ccc(Cn2[nH]c(NC(=O)C(O)(O)c3ccc(C4(C(F)(F)F)CC4)cc3)c(O)c2=O)nc1. The number of hydrogen-bond acceptors (Lipinski definition) is 7. The van der Waals surface area contributed by atoms with Crippen LogP contribution in [-0.4, -0.2) is 42.2 Å². The first-order valence-electron chi connectivity index (χ1n) is 10.5.